The molecular weight excluding hydrogens is 421 g/mol. The van der Waals surface area contributed by atoms with Gasteiger partial charge in [0.25, 0.3) is 0 Å². The van der Waals surface area contributed by atoms with Crippen LogP contribution in [0.3, 0.4) is 0 Å². The molecule has 5 rings (SSSR count). The Balaban J connectivity index is 1.50. The van der Waals surface area contributed by atoms with E-state index in [1.54, 1.807) is 24.3 Å². The van der Waals surface area contributed by atoms with E-state index in [-0.39, 0.29) is 11.5 Å². The molecule has 0 unspecified atom stereocenters. The molecule has 1 saturated carbocycles. The maximum atomic E-state index is 13.2. The Morgan fingerprint density at radius 3 is 2.70 bits per heavy atom. The largest absolute Gasteiger partial charge is 0.478 e. The van der Waals surface area contributed by atoms with E-state index >= 15 is 0 Å². The molecule has 1 fully saturated rings. The summed E-state index contributed by atoms with van der Waals surface area (Å²) in [6.07, 6.45) is 7.94. The number of carbonyl (C=O) groups is 1. The molecule has 156 valence electrons. The van der Waals surface area contributed by atoms with Crippen molar-refractivity contribution >= 4 is 35.1 Å². The number of hydrogen-bond acceptors (Lipinski definition) is 4. The van der Waals surface area contributed by atoms with E-state index in [9.17, 15) is 4.79 Å². The van der Waals surface area contributed by atoms with Crippen molar-refractivity contribution in [3.8, 4) is 11.5 Å². The number of benzene rings is 2. The zero-order valence-electron chi connectivity index (χ0n) is 16.8. The second-order valence-corrected chi connectivity index (χ2v) is 9.14. The van der Waals surface area contributed by atoms with E-state index in [0.29, 0.717) is 39.7 Å². The topological polar surface area (TPSA) is 38.8 Å². The average molecular weight is 444 g/mol. The number of fused-ring (bicyclic) bond motifs is 3. The first-order valence-corrected chi connectivity index (χ1v) is 11.2. The van der Waals surface area contributed by atoms with Gasteiger partial charge in [0.05, 0.1) is 11.1 Å². The first kappa shape index (κ1) is 19.9. The number of halogens is 2. The Labute approximate surface area is 186 Å². The Kier molecular flexibility index (Phi) is 5.26. The van der Waals surface area contributed by atoms with E-state index in [1.165, 1.54) is 32.1 Å². The van der Waals surface area contributed by atoms with Crippen molar-refractivity contribution in [3.05, 3.63) is 62.3 Å². The SMILES string of the molecule is Cc1cc2c(c3c1C(=O)/C(=C/c1ccc(Cl)cc1Cl)O3)CN(C1CCCCC1)CO2. The molecule has 0 saturated heterocycles. The van der Waals surface area contributed by atoms with Crippen LogP contribution in [0.15, 0.2) is 30.0 Å². The predicted octanol–water partition coefficient (Wildman–Crippen LogP) is 6.40. The maximum Gasteiger partial charge on any atom is 0.232 e. The molecule has 6 heteroatoms. The minimum Gasteiger partial charge on any atom is -0.478 e. The van der Waals surface area contributed by atoms with Gasteiger partial charge in [0.1, 0.15) is 18.2 Å². The number of hydrogen-bond donors (Lipinski definition) is 0. The number of nitrogens with zero attached hydrogens (tertiary/aromatic N) is 1. The third-order valence-electron chi connectivity index (χ3n) is 6.29. The molecule has 4 nitrogen and oxygen atoms in total. The number of aryl methyl sites for hydroxylation is 1. The molecule has 2 aromatic rings. The van der Waals surface area contributed by atoms with Crippen molar-refractivity contribution in [1.29, 1.82) is 0 Å². The normalized spacial score (nSPS) is 20.6. The van der Waals surface area contributed by atoms with Gasteiger partial charge < -0.3 is 9.47 Å². The van der Waals surface area contributed by atoms with Crippen molar-refractivity contribution < 1.29 is 14.3 Å². The molecule has 0 aromatic heterocycles. The number of ether oxygens (including phenoxy) is 2. The Bertz CT molecular complexity index is 1060. The van der Waals surface area contributed by atoms with Gasteiger partial charge in [-0.25, -0.2) is 0 Å². The lowest BCUT2D eigenvalue weighted by molar-refractivity contribution is 0.0393. The third-order valence-corrected chi connectivity index (χ3v) is 6.85. The summed E-state index contributed by atoms with van der Waals surface area (Å²) >= 11 is 12.3. The molecule has 3 aliphatic rings. The van der Waals surface area contributed by atoms with Crippen LogP contribution < -0.4 is 9.47 Å². The van der Waals surface area contributed by atoms with Crippen LogP contribution in [0, 0.1) is 6.92 Å². The molecule has 0 atom stereocenters. The fourth-order valence-corrected chi connectivity index (χ4v) is 5.15. The van der Waals surface area contributed by atoms with Gasteiger partial charge in [0, 0.05) is 22.6 Å². The van der Waals surface area contributed by atoms with Crippen molar-refractivity contribution in [2.24, 2.45) is 0 Å². The first-order chi connectivity index (χ1) is 14.5. The summed E-state index contributed by atoms with van der Waals surface area (Å²) in [5, 5.41) is 1.03. The van der Waals surface area contributed by atoms with Crippen molar-refractivity contribution in [2.75, 3.05) is 6.73 Å². The highest BCUT2D eigenvalue weighted by molar-refractivity contribution is 6.35. The molecule has 30 heavy (non-hydrogen) atoms. The lowest BCUT2D eigenvalue weighted by atomic mass is 9.93. The predicted molar refractivity (Wildman–Crippen MR) is 118 cm³/mol. The Morgan fingerprint density at radius 2 is 1.93 bits per heavy atom. The summed E-state index contributed by atoms with van der Waals surface area (Å²) in [5.74, 6) is 1.61. The number of Topliss-reactive ketones (excluding diaryl/α,β-unsaturated/α-hetero) is 1. The zero-order valence-corrected chi connectivity index (χ0v) is 18.4. The van der Waals surface area contributed by atoms with Crippen LogP contribution in [-0.2, 0) is 6.54 Å². The van der Waals surface area contributed by atoms with Gasteiger partial charge in [0.2, 0.25) is 5.78 Å². The number of rotatable bonds is 2. The third kappa shape index (κ3) is 3.51. The van der Waals surface area contributed by atoms with Crippen LogP contribution in [0.5, 0.6) is 11.5 Å². The fourth-order valence-electron chi connectivity index (χ4n) is 4.69. The highest BCUT2D eigenvalue weighted by atomic mass is 35.5. The summed E-state index contributed by atoms with van der Waals surface area (Å²) < 4.78 is 12.2. The zero-order chi connectivity index (χ0) is 20.8. The molecule has 0 radical (unpaired) electrons. The minimum atomic E-state index is -0.119. The second kappa shape index (κ2) is 7.92. The van der Waals surface area contributed by atoms with Crippen LogP contribution in [0.25, 0.3) is 6.08 Å². The van der Waals surface area contributed by atoms with Crippen LogP contribution in [0.2, 0.25) is 10.0 Å². The van der Waals surface area contributed by atoms with E-state index in [0.717, 1.165) is 23.4 Å². The van der Waals surface area contributed by atoms with Crippen molar-refractivity contribution in [2.45, 2.75) is 51.6 Å². The van der Waals surface area contributed by atoms with Crippen LogP contribution in [0.4, 0.5) is 0 Å². The fraction of sp³-hybridized carbons (Fsp3) is 0.375. The quantitative estimate of drug-likeness (QED) is 0.503. The van der Waals surface area contributed by atoms with Crippen LogP contribution in [0.1, 0.15) is 59.2 Å². The summed E-state index contributed by atoms with van der Waals surface area (Å²) in [4.78, 5) is 15.5. The van der Waals surface area contributed by atoms with Crippen LogP contribution in [-0.4, -0.2) is 23.5 Å². The highest BCUT2D eigenvalue weighted by Crippen LogP contribution is 2.45. The maximum absolute atomic E-state index is 13.2. The van der Waals surface area contributed by atoms with Crippen LogP contribution >= 0.6 is 23.2 Å². The number of carbonyl (C=O) groups excluding carboxylic acids is 1. The first-order valence-electron chi connectivity index (χ1n) is 10.4. The number of allylic oxidation sites excluding steroid dienone is 1. The standard InChI is InChI=1S/C24H23Cl2NO3/c1-14-9-20-18(12-27(13-29-20)17-5-3-2-4-6-17)24-22(14)23(28)21(30-24)10-15-7-8-16(25)11-19(15)26/h7-11,17H,2-6,12-13H2,1H3/b21-10-. The van der Waals surface area contributed by atoms with E-state index in [1.807, 2.05) is 13.0 Å². The average Bonchev–Trinajstić information content (AvgIpc) is 3.07. The monoisotopic (exact) mass is 443 g/mol. The van der Waals surface area contributed by atoms with Gasteiger partial charge >= 0.3 is 0 Å². The Morgan fingerprint density at radius 1 is 1.13 bits per heavy atom. The lowest BCUT2D eigenvalue weighted by Crippen LogP contribution is -2.41. The molecule has 2 aromatic carbocycles. The van der Waals surface area contributed by atoms with Crippen molar-refractivity contribution in [1.82, 2.24) is 4.90 Å². The highest BCUT2D eigenvalue weighted by Gasteiger charge is 2.36. The molecule has 0 spiro atoms. The van der Waals surface area contributed by atoms with E-state index < -0.39 is 0 Å². The summed E-state index contributed by atoms with van der Waals surface area (Å²) in [6.45, 7) is 3.26. The van der Waals surface area contributed by atoms with E-state index in [4.69, 9.17) is 32.7 Å². The molecule has 0 bridgehead atoms. The van der Waals surface area contributed by atoms with E-state index in [2.05, 4.69) is 4.90 Å². The number of ketones is 1. The van der Waals surface area contributed by atoms with Gasteiger partial charge in [-0.1, -0.05) is 48.5 Å². The summed E-state index contributed by atoms with van der Waals surface area (Å²) in [6, 6.07) is 7.68. The second-order valence-electron chi connectivity index (χ2n) is 8.29. The Hall–Kier alpha value is -2.01. The van der Waals surface area contributed by atoms with Gasteiger partial charge in [-0.2, -0.15) is 0 Å². The molecule has 0 amide bonds. The molecule has 1 aliphatic carbocycles. The lowest BCUT2D eigenvalue weighted by Gasteiger charge is -2.37. The molecule has 2 heterocycles. The van der Waals surface area contributed by atoms with Crippen molar-refractivity contribution in [3.63, 3.8) is 0 Å². The summed E-state index contributed by atoms with van der Waals surface area (Å²) in [7, 11) is 0. The minimum absolute atomic E-state index is 0.119. The molecular formula is C24H23Cl2NO3. The smallest absolute Gasteiger partial charge is 0.232 e. The molecule has 2 aliphatic heterocycles. The van der Waals surface area contributed by atoms with Gasteiger partial charge in [-0.3, -0.25) is 9.69 Å². The van der Waals surface area contributed by atoms with Gasteiger partial charge in [-0.05, 0) is 55.2 Å². The van der Waals surface area contributed by atoms with Gasteiger partial charge in [-0.15, -0.1) is 0 Å². The van der Waals surface area contributed by atoms with Gasteiger partial charge in [0.15, 0.2) is 5.76 Å². The summed E-state index contributed by atoms with van der Waals surface area (Å²) in [5.41, 5.74) is 3.15. The molecule has 0 N–H and O–H groups in total.